The SMILES string of the molecule is CO[C@H]1CN(C(=O)c2ccc3cc(Oc4ccc(C(F)(F)F)cn4)ccc3n2)C[C@H]1OC. The summed E-state index contributed by atoms with van der Waals surface area (Å²) in [4.78, 5) is 22.6. The molecule has 1 saturated heterocycles. The van der Waals surface area contributed by atoms with Gasteiger partial charge in [0, 0.05) is 45.0 Å². The number of halogens is 3. The van der Waals surface area contributed by atoms with E-state index < -0.39 is 11.7 Å². The molecule has 0 N–H and O–H groups in total. The number of rotatable bonds is 5. The van der Waals surface area contributed by atoms with Crippen LogP contribution in [-0.4, -0.2) is 60.3 Å². The number of carbonyl (C=O) groups is 1. The minimum absolute atomic E-state index is 0.0338. The summed E-state index contributed by atoms with van der Waals surface area (Å²) >= 11 is 0. The monoisotopic (exact) mass is 447 g/mol. The molecule has 2 atom stereocenters. The van der Waals surface area contributed by atoms with Crippen LogP contribution < -0.4 is 4.74 Å². The normalized spacial score (nSPS) is 18.8. The highest BCUT2D eigenvalue weighted by Crippen LogP contribution is 2.30. The van der Waals surface area contributed by atoms with Gasteiger partial charge in [-0.25, -0.2) is 9.97 Å². The summed E-state index contributed by atoms with van der Waals surface area (Å²) in [6.07, 6.45) is -4.12. The number of pyridine rings is 2. The molecule has 1 fully saturated rings. The van der Waals surface area contributed by atoms with Crippen molar-refractivity contribution < 1.29 is 32.2 Å². The Labute approximate surface area is 181 Å². The van der Waals surface area contributed by atoms with Gasteiger partial charge in [-0.05, 0) is 30.3 Å². The highest BCUT2D eigenvalue weighted by molar-refractivity contribution is 5.95. The number of fused-ring (bicyclic) bond motifs is 1. The number of likely N-dealkylation sites (tertiary alicyclic amines) is 1. The number of alkyl halides is 3. The first kappa shape index (κ1) is 22.0. The van der Waals surface area contributed by atoms with Gasteiger partial charge < -0.3 is 19.1 Å². The Balaban J connectivity index is 1.49. The zero-order valence-electron chi connectivity index (χ0n) is 17.3. The molecule has 2 aromatic heterocycles. The van der Waals surface area contributed by atoms with Crippen LogP contribution in [0.1, 0.15) is 16.1 Å². The topological polar surface area (TPSA) is 73.8 Å². The molecule has 0 bridgehead atoms. The van der Waals surface area contributed by atoms with Crippen LogP contribution in [0.5, 0.6) is 11.6 Å². The number of hydrogen-bond donors (Lipinski definition) is 0. The van der Waals surface area contributed by atoms with Crippen molar-refractivity contribution in [1.82, 2.24) is 14.9 Å². The molecule has 10 heteroatoms. The second-order valence-corrected chi connectivity index (χ2v) is 7.29. The summed E-state index contributed by atoms with van der Waals surface area (Å²) in [5, 5.41) is 0.705. The molecule has 1 amide bonds. The summed E-state index contributed by atoms with van der Waals surface area (Å²) in [7, 11) is 3.16. The molecule has 0 spiro atoms. The number of carbonyl (C=O) groups excluding carboxylic acids is 1. The molecule has 32 heavy (non-hydrogen) atoms. The lowest BCUT2D eigenvalue weighted by molar-refractivity contribution is -0.137. The molecule has 4 rings (SSSR count). The van der Waals surface area contributed by atoms with Crippen molar-refractivity contribution in [2.45, 2.75) is 18.4 Å². The third kappa shape index (κ3) is 4.51. The largest absolute Gasteiger partial charge is 0.439 e. The van der Waals surface area contributed by atoms with Crippen LogP contribution in [0, 0.1) is 0 Å². The fraction of sp³-hybridized carbons (Fsp3) is 0.318. The van der Waals surface area contributed by atoms with E-state index in [4.69, 9.17) is 14.2 Å². The van der Waals surface area contributed by atoms with Gasteiger partial charge in [-0.3, -0.25) is 4.79 Å². The lowest BCUT2D eigenvalue weighted by Crippen LogP contribution is -2.30. The number of benzene rings is 1. The minimum atomic E-state index is -4.46. The maximum atomic E-state index is 12.9. The summed E-state index contributed by atoms with van der Waals surface area (Å²) in [5.74, 6) is 0.199. The second-order valence-electron chi connectivity index (χ2n) is 7.29. The van der Waals surface area contributed by atoms with Crippen LogP contribution in [0.2, 0.25) is 0 Å². The van der Waals surface area contributed by atoms with Gasteiger partial charge in [0.05, 0.1) is 11.1 Å². The maximum Gasteiger partial charge on any atom is 0.417 e. The van der Waals surface area contributed by atoms with Crippen molar-refractivity contribution in [3.05, 3.63) is 59.9 Å². The van der Waals surface area contributed by atoms with Crippen LogP contribution in [0.4, 0.5) is 13.2 Å². The zero-order valence-corrected chi connectivity index (χ0v) is 17.3. The van der Waals surface area contributed by atoms with Gasteiger partial charge in [-0.2, -0.15) is 13.2 Å². The molecule has 3 heterocycles. The summed E-state index contributed by atoms with van der Waals surface area (Å²) in [6.45, 7) is 0.834. The molecule has 168 valence electrons. The molecular weight excluding hydrogens is 427 g/mol. The highest BCUT2D eigenvalue weighted by atomic mass is 19.4. The molecular formula is C22H20F3N3O4. The van der Waals surface area contributed by atoms with E-state index in [1.807, 2.05) is 0 Å². The van der Waals surface area contributed by atoms with Crippen LogP contribution in [0.25, 0.3) is 10.9 Å². The first-order valence-corrected chi connectivity index (χ1v) is 9.75. The molecule has 0 saturated carbocycles. The van der Waals surface area contributed by atoms with E-state index in [9.17, 15) is 18.0 Å². The number of amides is 1. The van der Waals surface area contributed by atoms with Crippen molar-refractivity contribution in [3.8, 4) is 11.6 Å². The van der Waals surface area contributed by atoms with E-state index in [2.05, 4.69) is 9.97 Å². The average Bonchev–Trinajstić information content (AvgIpc) is 3.21. The van der Waals surface area contributed by atoms with Gasteiger partial charge in [0.15, 0.2) is 0 Å². The molecule has 0 aliphatic carbocycles. The number of methoxy groups -OCH3 is 2. The Morgan fingerprint density at radius 3 is 2.34 bits per heavy atom. The van der Waals surface area contributed by atoms with E-state index in [1.54, 1.807) is 49.5 Å². The lowest BCUT2D eigenvalue weighted by atomic mass is 10.2. The van der Waals surface area contributed by atoms with Crippen molar-refractivity contribution >= 4 is 16.8 Å². The van der Waals surface area contributed by atoms with E-state index in [0.29, 0.717) is 35.4 Å². The smallest absolute Gasteiger partial charge is 0.417 e. The van der Waals surface area contributed by atoms with E-state index in [-0.39, 0.29) is 24.0 Å². The Hall–Kier alpha value is -3.24. The molecule has 1 aliphatic heterocycles. The average molecular weight is 447 g/mol. The number of ether oxygens (including phenoxy) is 3. The Morgan fingerprint density at radius 2 is 1.75 bits per heavy atom. The standard InChI is InChI=1S/C22H20F3N3O4/c1-30-18-11-28(12-19(18)31-2)21(29)17-6-3-13-9-15(5-7-16(13)27-17)32-20-8-4-14(10-26-20)22(23,24)25/h3-10,18-19H,11-12H2,1-2H3/t18-,19+. The Morgan fingerprint density at radius 1 is 1.03 bits per heavy atom. The van der Waals surface area contributed by atoms with E-state index in [1.165, 1.54) is 0 Å². The third-order valence-electron chi connectivity index (χ3n) is 5.27. The second kappa shape index (κ2) is 8.71. The van der Waals surface area contributed by atoms with Gasteiger partial charge in [-0.1, -0.05) is 6.07 Å². The molecule has 0 unspecified atom stereocenters. The van der Waals surface area contributed by atoms with Gasteiger partial charge in [0.2, 0.25) is 5.88 Å². The van der Waals surface area contributed by atoms with Crippen molar-refractivity contribution in [2.75, 3.05) is 27.3 Å². The number of hydrogen-bond acceptors (Lipinski definition) is 6. The number of nitrogens with zero attached hydrogens (tertiary/aromatic N) is 3. The van der Waals surface area contributed by atoms with Crippen LogP contribution in [0.3, 0.4) is 0 Å². The highest BCUT2D eigenvalue weighted by Gasteiger charge is 2.36. The Kier molecular flexibility index (Phi) is 5.98. The molecule has 0 radical (unpaired) electrons. The Bertz CT molecular complexity index is 1110. The van der Waals surface area contributed by atoms with Crippen LogP contribution in [0.15, 0.2) is 48.7 Å². The van der Waals surface area contributed by atoms with E-state index in [0.717, 1.165) is 18.3 Å². The minimum Gasteiger partial charge on any atom is -0.439 e. The summed E-state index contributed by atoms with van der Waals surface area (Å²) in [5.41, 5.74) is 0.0212. The van der Waals surface area contributed by atoms with Gasteiger partial charge >= 0.3 is 6.18 Å². The first-order chi connectivity index (χ1) is 15.3. The lowest BCUT2D eigenvalue weighted by Gasteiger charge is -2.15. The molecule has 7 nitrogen and oxygen atoms in total. The predicted molar refractivity (Wildman–Crippen MR) is 109 cm³/mol. The molecule has 1 aromatic carbocycles. The number of aromatic nitrogens is 2. The fourth-order valence-electron chi connectivity index (χ4n) is 3.54. The fourth-order valence-corrected chi connectivity index (χ4v) is 3.54. The molecule has 3 aromatic rings. The summed E-state index contributed by atoms with van der Waals surface area (Å²) < 4.78 is 54.3. The van der Waals surface area contributed by atoms with Crippen molar-refractivity contribution in [1.29, 1.82) is 0 Å². The van der Waals surface area contributed by atoms with Crippen LogP contribution >= 0.6 is 0 Å². The van der Waals surface area contributed by atoms with E-state index >= 15 is 0 Å². The third-order valence-corrected chi connectivity index (χ3v) is 5.27. The van der Waals surface area contributed by atoms with Gasteiger partial charge in [-0.15, -0.1) is 0 Å². The first-order valence-electron chi connectivity index (χ1n) is 9.75. The van der Waals surface area contributed by atoms with Crippen LogP contribution in [-0.2, 0) is 15.7 Å². The van der Waals surface area contributed by atoms with Crippen molar-refractivity contribution in [2.24, 2.45) is 0 Å². The predicted octanol–water partition coefficient (Wildman–Crippen LogP) is 3.93. The summed E-state index contributed by atoms with van der Waals surface area (Å²) in [6, 6.07) is 10.4. The molecule has 1 aliphatic rings. The quantitative estimate of drug-likeness (QED) is 0.590. The van der Waals surface area contributed by atoms with Crippen molar-refractivity contribution in [3.63, 3.8) is 0 Å². The van der Waals surface area contributed by atoms with Gasteiger partial charge in [0.25, 0.3) is 5.91 Å². The zero-order chi connectivity index (χ0) is 22.9. The maximum absolute atomic E-state index is 12.9. The van der Waals surface area contributed by atoms with Gasteiger partial charge in [0.1, 0.15) is 23.7 Å².